The van der Waals surface area contributed by atoms with E-state index in [4.69, 9.17) is 14.5 Å². The van der Waals surface area contributed by atoms with Crippen LogP contribution in [0.3, 0.4) is 0 Å². The van der Waals surface area contributed by atoms with Gasteiger partial charge in [0, 0.05) is 33.3 Å². The van der Waals surface area contributed by atoms with E-state index >= 15 is 0 Å². The Hall–Kier alpha value is -1.50. The third kappa shape index (κ3) is 9.13. The number of hydrogen-bond acceptors (Lipinski definition) is 4. The number of amides is 1. The number of nitrogens with zero attached hydrogens (tertiary/aromatic N) is 2. The molecule has 0 aromatic heterocycles. The number of piperidine rings is 1. The van der Waals surface area contributed by atoms with Gasteiger partial charge in [0.15, 0.2) is 5.96 Å². The fourth-order valence-electron chi connectivity index (χ4n) is 3.11. The van der Waals surface area contributed by atoms with Crippen molar-refractivity contribution in [1.29, 1.82) is 0 Å². The molecule has 164 valence electrons. The zero-order chi connectivity index (χ0) is 21.4. The minimum atomic E-state index is -0.445. The molecule has 1 rings (SSSR count). The van der Waals surface area contributed by atoms with Crippen molar-refractivity contribution >= 4 is 12.1 Å². The van der Waals surface area contributed by atoms with Crippen molar-refractivity contribution in [3.05, 3.63) is 0 Å². The minimum absolute atomic E-state index is 0.0457. The average Bonchev–Trinajstić information content (AvgIpc) is 2.57. The molecule has 1 heterocycles. The topological polar surface area (TPSA) is 75.2 Å². The maximum atomic E-state index is 12.2. The Kier molecular flexibility index (Phi) is 9.54. The van der Waals surface area contributed by atoms with Crippen LogP contribution in [-0.2, 0) is 9.47 Å². The lowest BCUT2D eigenvalue weighted by Crippen LogP contribution is -2.45. The van der Waals surface area contributed by atoms with Gasteiger partial charge in [0.25, 0.3) is 0 Å². The molecule has 28 heavy (non-hydrogen) atoms. The number of rotatable bonds is 6. The Morgan fingerprint density at radius 2 is 1.75 bits per heavy atom. The van der Waals surface area contributed by atoms with Crippen molar-refractivity contribution in [2.75, 3.05) is 39.8 Å². The van der Waals surface area contributed by atoms with E-state index < -0.39 is 5.60 Å². The van der Waals surface area contributed by atoms with E-state index in [0.717, 1.165) is 45.0 Å². The summed E-state index contributed by atoms with van der Waals surface area (Å²) in [5.74, 6) is 1.34. The number of methoxy groups -OCH3 is 1. The first-order valence-electron chi connectivity index (χ1n) is 10.5. The van der Waals surface area contributed by atoms with Gasteiger partial charge in [-0.1, -0.05) is 20.8 Å². The number of likely N-dealkylation sites (tertiary alicyclic amines) is 1. The molecular formula is C21H42N4O3. The highest BCUT2D eigenvalue weighted by Gasteiger charge is 2.27. The van der Waals surface area contributed by atoms with Crippen LogP contribution in [0.4, 0.5) is 4.79 Å². The van der Waals surface area contributed by atoms with Gasteiger partial charge in [-0.25, -0.2) is 4.79 Å². The van der Waals surface area contributed by atoms with E-state index in [1.165, 1.54) is 0 Å². The summed E-state index contributed by atoms with van der Waals surface area (Å²) in [5.41, 5.74) is -0.399. The standard InChI is InChI=1S/C21H42N4O3/c1-9-22-18(24-15-17(27-8)20(2,3)4)23-14-16-10-12-25(13-11-16)19(26)28-21(5,6)7/h16-17H,9-15H2,1-8H3,(H2,22,23,24). The molecule has 7 nitrogen and oxygen atoms in total. The lowest BCUT2D eigenvalue weighted by atomic mass is 9.89. The Balaban J connectivity index is 2.48. The normalized spacial score (nSPS) is 18.0. The van der Waals surface area contributed by atoms with E-state index in [-0.39, 0.29) is 17.6 Å². The molecule has 1 saturated heterocycles. The smallest absolute Gasteiger partial charge is 0.410 e. The molecule has 0 aromatic rings. The molecule has 0 bridgehead atoms. The van der Waals surface area contributed by atoms with Crippen molar-refractivity contribution < 1.29 is 14.3 Å². The molecule has 1 aliphatic heterocycles. The number of carbonyl (C=O) groups excluding carboxylic acids is 1. The molecule has 0 saturated carbocycles. The Morgan fingerprint density at radius 1 is 1.14 bits per heavy atom. The summed E-state index contributed by atoms with van der Waals surface area (Å²) in [6.07, 6.45) is 1.80. The average molecular weight is 399 g/mol. The van der Waals surface area contributed by atoms with E-state index in [9.17, 15) is 4.79 Å². The van der Waals surface area contributed by atoms with Crippen LogP contribution in [0, 0.1) is 11.3 Å². The van der Waals surface area contributed by atoms with E-state index in [2.05, 4.69) is 38.3 Å². The summed E-state index contributed by atoms with van der Waals surface area (Å²) in [6, 6.07) is 0. The Labute approximate surface area is 171 Å². The third-order valence-electron chi connectivity index (χ3n) is 4.83. The van der Waals surface area contributed by atoms with Crippen LogP contribution in [0.15, 0.2) is 4.99 Å². The number of nitrogens with one attached hydrogen (secondary N) is 2. The second-order valence-corrected chi connectivity index (χ2v) is 9.60. The number of hydrogen-bond donors (Lipinski definition) is 2. The van der Waals surface area contributed by atoms with Gasteiger partial charge in [-0.05, 0) is 51.9 Å². The zero-order valence-corrected chi connectivity index (χ0v) is 19.2. The first kappa shape index (κ1) is 24.5. The van der Waals surface area contributed by atoms with Gasteiger partial charge >= 0.3 is 6.09 Å². The first-order valence-corrected chi connectivity index (χ1v) is 10.5. The molecule has 0 spiro atoms. The number of carbonyl (C=O) groups is 1. The van der Waals surface area contributed by atoms with Crippen molar-refractivity contribution in [3.8, 4) is 0 Å². The van der Waals surface area contributed by atoms with Gasteiger partial charge < -0.3 is 25.0 Å². The van der Waals surface area contributed by atoms with Crippen LogP contribution in [0.2, 0.25) is 0 Å². The Morgan fingerprint density at radius 3 is 2.21 bits per heavy atom. The van der Waals surface area contributed by atoms with Gasteiger partial charge in [0.05, 0.1) is 12.6 Å². The van der Waals surface area contributed by atoms with Crippen molar-refractivity contribution in [1.82, 2.24) is 15.5 Å². The maximum absolute atomic E-state index is 12.2. The van der Waals surface area contributed by atoms with Gasteiger partial charge in [-0.2, -0.15) is 0 Å². The summed E-state index contributed by atoms with van der Waals surface area (Å²) in [4.78, 5) is 18.7. The number of guanidine groups is 1. The molecular weight excluding hydrogens is 356 g/mol. The summed E-state index contributed by atoms with van der Waals surface area (Å²) in [7, 11) is 1.74. The molecule has 1 atom stereocenters. The van der Waals surface area contributed by atoms with Crippen LogP contribution in [0.5, 0.6) is 0 Å². The lowest BCUT2D eigenvalue weighted by molar-refractivity contribution is 0.0185. The van der Waals surface area contributed by atoms with E-state index in [1.807, 2.05) is 25.7 Å². The van der Waals surface area contributed by atoms with Crippen molar-refractivity contribution in [2.45, 2.75) is 73.0 Å². The van der Waals surface area contributed by atoms with Crippen LogP contribution >= 0.6 is 0 Å². The molecule has 2 N–H and O–H groups in total. The Bertz CT molecular complexity index is 501. The maximum Gasteiger partial charge on any atom is 0.410 e. The van der Waals surface area contributed by atoms with E-state index in [1.54, 1.807) is 7.11 Å². The number of aliphatic imine (C=N–C) groups is 1. The van der Waals surface area contributed by atoms with Crippen LogP contribution < -0.4 is 10.6 Å². The van der Waals surface area contributed by atoms with Gasteiger partial charge in [-0.15, -0.1) is 0 Å². The summed E-state index contributed by atoms with van der Waals surface area (Å²) in [6.45, 7) is 18.0. The molecule has 0 aliphatic carbocycles. The van der Waals surface area contributed by atoms with Crippen LogP contribution in [0.1, 0.15) is 61.3 Å². The highest BCUT2D eigenvalue weighted by atomic mass is 16.6. The quantitative estimate of drug-likeness (QED) is 0.531. The molecule has 1 fully saturated rings. The van der Waals surface area contributed by atoms with Crippen molar-refractivity contribution in [2.24, 2.45) is 16.3 Å². The lowest BCUT2D eigenvalue weighted by Gasteiger charge is -2.33. The largest absolute Gasteiger partial charge is 0.444 e. The first-order chi connectivity index (χ1) is 13.0. The van der Waals surface area contributed by atoms with Crippen LogP contribution in [-0.4, -0.2) is 68.5 Å². The molecule has 0 aromatic carbocycles. The number of ether oxygens (including phenoxy) is 2. The fourth-order valence-corrected chi connectivity index (χ4v) is 3.11. The summed E-state index contributed by atoms with van der Waals surface area (Å²) >= 11 is 0. The molecule has 1 aliphatic rings. The molecule has 7 heteroatoms. The van der Waals surface area contributed by atoms with Gasteiger partial charge in [0.1, 0.15) is 5.60 Å². The highest BCUT2D eigenvalue weighted by molar-refractivity contribution is 5.79. The van der Waals surface area contributed by atoms with Crippen molar-refractivity contribution in [3.63, 3.8) is 0 Å². The molecule has 1 amide bonds. The predicted molar refractivity (Wildman–Crippen MR) is 115 cm³/mol. The van der Waals surface area contributed by atoms with Gasteiger partial charge in [-0.3, -0.25) is 4.99 Å². The third-order valence-corrected chi connectivity index (χ3v) is 4.83. The highest BCUT2D eigenvalue weighted by Crippen LogP contribution is 2.22. The fraction of sp³-hybridized carbons (Fsp3) is 0.905. The second-order valence-electron chi connectivity index (χ2n) is 9.60. The van der Waals surface area contributed by atoms with E-state index in [0.29, 0.717) is 12.5 Å². The SMILES string of the molecule is CCNC(=NCC(OC)C(C)(C)C)NCC1CCN(C(=O)OC(C)(C)C)CC1. The summed E-state index contributed by atoms with van der Waals surface area (Å²) < 4.78 is 11.1. The monoisotopic (exact) mass is 398 g/mol. The minimum Gasteiger partial charge on any atom is -0.444 e. The second kappa shape index (κ2) is 10.9. The van der Waals surface area contributed by atoms with Gasteiger partial charge in [0.2, 0.25) is 0 Å². The zero-order valence-electron chi connectivity index (χ0n) is 19.2. The predicted octanol–water partition coefficient (Wildman–Crippen LogP) is 3.25. The summed E-state index contributed by atoms with van der Waals surface area (Å²) in [5, 5.41) is 6.76. The molecule has 0 radical (unpaired) electrons. The van der Waals surface area contributed by atoms with Crippen LogP contribution in [0.25, 0.3) is 0 Å². The molecule has 1 unspecified atom stereocenters.